The lowest BCUT2D eigenvalue weighted by atomic mass is 10.2. The molecule has 23 heavy (non-hydrogen) atoms. The largest absolute Gasteiger partial charge is 0.275 e. The first-order valence-electron chi connectivity index (χ1n) is 6.64. The first-order valence-corrected chi connectivity index (χ1v) is 8.12. The topological polar surface area (TPSA) is 107 Å². The van der Waals surface area contributed by atoms with Gasteiger partial charge in [0.1, 0.15) is 4.90 Å². The lowest BCUT2D eigenvalue weighted by Gasteiger charge is -2.08. The maximum atomic E-state index is 14.0. The minimum Gasteiger partial charge on any atom is -0.268 e. The molecular weight excluding hydrogens is 327 g/mol. The van der Waals surface area contributed by atoms with E-state index in [0.29, 0.717) is 6.07 Å². The van der Waals surface area contributed by atoms with Gasteiger partial charge in [0.2, 0.25) is 0 Å². The van der Waals surface area contributed by atoms with Gasteiger partial charge in [0, 0.05) is 23.9 Å². The van der Waals surface area contributed by atoms with E-state index >= 15 is 0 Å². The van der Waals surface area contributed by atoms with Crippen LogP contribution in [-0.2, 0) is 10.0 Å². The number of hydrogen-bond acceptors (Lipinski definition) is 5. The van der Waals surface area contributed by atoms with Crippen LogP contribution in [0.3, 0.4) is 0 Å². The fourth-order valence-corrected chi connectivity index (χ4v) is 3.06. The smallest absolute Gasteiger partial charge is 0.268 e. The molecule has 0 amide bonds. The molecule has 0 aliphatic rings. The van der Waals surface area contributed by atoms with Crippen molar-refractivity contribution in [3.63, 3.8) is 0 Å². The quantitative estimate of drug-likeness (QED) is 0.664. The van der Waals surface area contributed by atoms with Crippen LogP contribution in [0.25, 0.3) is 0 Å². The number of halogens is 1. The molecule has 0 saturated carbocycles. The van der Waals surface area contributed by atoms with Crippen molar-refractivity contribution in [3.05, 3.63) is 45.9 Å². The highest BCUT2D eigenvalue weighted by Crippen LogP contribution is 2.26. The lowest BCUT2D eigenvalue weighted by Crippen LogP contribution is -2.16. The van der Waals surface area contributed by atoms with Crippen molar-refractivity contribution in [2.75, 3.05) is 4.72 Å². The van der Waals surface area contributed by atoms with E-state index in [1.165, 1.54) is 17.7 Å². The summed E-state index contributed by atoms with van der Waals surface area (Å²) in [6.45, 7) is 5.07. The van der Waals surface area contributed by atoms with E-state index in [1.807, 2.05) is 13.8 Å². The molecule has 1 heterocycles. The van der Waals surface area contributed by atoms with Gasteiger partial charge in [-0.05, 0) is 26.8 Å². The van der Waals surface area contributed by atoms with Crippen molar-refractivity contribution in [2.24, 2.45) is 0 Å². The summed E-state index contributed by atoms with van der Waals surface area (Å²) in [7, 11) is -4.24. The van der Waals surface area contributed by atoms with Crippen LogP contribution in [0.1, 0.15) is 25.5 Å². The number of sulfonamides is 1. The summed E-state index contributed by atoms with van der Waals surface area (Å²) in [5, 5.41) is 14.8. The van der Waals surface area contributed by atoms with Gasteiger partial charge in [0.25, 0.3) is 15.7 Å². The molecule has 0 radical (unpaired) electrons. The summed E-state index contributed by atoms with van der Waals surface area (Å²) in [4.78, 5) is 9.32. The number of nitrogens with one attached hydrogen (secondary N) is 1. The second-order valence-electron chi connectivity index (χ2n) is 5.21. The lowest BCUT2D eigenvalue weighted by molar-refractivity contribution is -0.385. The molecule has 2 rings (SSSR count). The van der Waals surface area contributed by atoms with Crippen LogP contribution in [0.4, 0.5) is 15.9 Å². The molecule has 0 bridgehead atoms. The molecule has 0 saturated heterocycles. The minimum absolute atomic E-state index is 0.0339. The average molecular weight is 342 g/mol. The molecule has 2 aromatic rings. The van der Waals surface area contributed by atoms with Crippen molar-refractivity contribution in [1.29, 1.82) is 0 Å². The summed E-state index contributed by atoms with van der Waals surface area (Å²) in [6, 6.07) is 2.99. The molecular formula is C13H15FN4O4S. The Balaban J connectivity index is 2.39. The molecule has 0 atom stereocenters. The summed E-state index contributed by atoms with van der Waals surface area (Å²) in [6.07, 6.45) is 1.58. The van der Waals surface area contributed by atoms with Crippen LogP contribution >= 0.6 is 0 Å². The zero-order valence-electron chi connectivity index (χ0n) is 12.6. The molecule has 0 aliphatic heterocycles. The predicted octanol–water partition coefficient (Wildman–Crippen LogP) is 2.62. The monoisotopic (exact) mass is 342 g/mol. The van der Waals surface area contributed by atoms with Crippen LogP contribution in [0.5, 0.6) is 0 Å². The predicted molar refractivity (Wildman–Crippen MR) is 81.2 cm³/mol. The Bertz CT molecular complexity index is 861. The van der Waals surface area contributed by atoms with Gasteiger partial charge in [-0.2, -0.15) is 5.10 Å². The van der Waals surface area contributed by atoms with Crippen LogP contribution in [-0.4, -0.2) is 23.1 Å². The third kappa shape index (κ3) is 3.47. The molecule has 0 aliphatic carbocycles. The van der Waals surface area contributed by atoms with Crippen molar-refractivity contribution in [2.45, 2.75) is 31.7 Å². The third-order valence-corrected chi connectivity index (χ3v) is 4.48. The maximum Gasteiger partial charge on any atom is 0.275 e. The Kier molecular flexibility index (Phi) is 4.37. The number of nitro benzene ring substituents is 1. The van der Waals surface area contributed by atoms with E-state index in [4.69, 9.17) is 0 Å². The molecule has 1 N–H and O–H groups in total. The molecule has 0 fully saturated rings. The van der Waals surface area contributed by atoms with E-state index in [0.717, 1.165) is 6.07 Å². The summed E-state index contributed by atoms with van der Waals surface area (Å²) < 4.78 is 42.2. The Labute approximate surface area is 132 Å². The average Bonchev–Trinajstić information content (AvgIpc) is 2.88. The van der Waals surface area contributed by atoms with E-state index in [-0.39, 0.29) is 17.4 Å². The number of aromatic nitrogens is 2. The molecule has 10 heteroatoms. The van der Waals surface area contributed by atoms with Gasteiger partial charge < -0.3 is 0 Å². The Morgan fingerprint density at radius 1 is 1.39 bits per heavy atom. The number of nitrogens with zero attached hydrogens (tertiary/aromatic N) is 3. The highest BCUT2D eigenvalue weighted by atomic mass is 32.2. The molecule has 124 valence electrons. The molecule has 8 nitrogen and oxygen atoms in total. The zero-order chi connectivity index (χ0) is 17.4. The van der Waals surface area contributed by atoms with Gasteiger partial charge >= 0.3 is 0 Å². The van der Waals surface area contributed by atoms with Crippen molar-refractivity contribution < 1.29 is 17.7 Å². The third-order valence-electron chi connectivity index (χ3n) is 3.11. The van der Waals surface area contributed by atoms with Crippen LogP contribution in [0.15, 0.2) is 29.3 Å². The fourth-order valence-electron chi connectivity index (χ4n) is 1.92. The van der Waals surface area contributed by atoms with Crippen molar-refractivity contribution in [3.8, 4) is 0 Å². The Morgan fingerprint density at radius 2 is 2.04 bits per heavy atom. The van der Waals surface area contributed by atoms with Crippen molar-refractivity contribution in [1.82, 2.24) is 9.78 Å². The van der Waals surface area contributed by atoms with Gasteiger partial charge in [-0.25, -0.2) is 12.8 Å². The molecule has 0 spiro atoms. The van der Waals surface area contributed by atoms with Crippen molar-refractivity contribution >= 4 is 21.5 Å². The number of benzene rings is 1. The summed E-state index contributed by atoms with van der Waals surface area (Å²) in [5.74, 6) is -1.16. The molecule has 0 unspecified atom stereocenters. The SMILES string of the molecule is Cc1cc(S(=O)(=O)Nc2ccn(C(C)C)n2)c(F)cc1[N+](=O)[O-]. The van der Waals surface area contributed by atoms with Crippen LogP contribution in [0, 0.1) is 22.9 Å². The van der Waals surface area contributed by atoms with E-state index in [2.05, 4.69) is 9.82 Å². The summed E-state index contributed by atoms with van der Waals surface area (Å²) in [5.41, 5.74) is -0.435. The first kappa shape index (κ1) is 16.9. The first-order chi connectivity index (χ1) is 10.6. The normalized spacial score (nSPS) is 11.7. The van der Waals surface area contributed by atoms with Gasteiger partial charge in [-0.3, -0.25) is 19.5 Å². The van der Waals surface area contributed by atoms with E-state index < -0.39 is 31.3 Å². The number of rotatable bonds is 5. The van der Waals surface area contributed by atoms with E-state index in [9.17, 15) is 22.9 Å². The number of nitro groups is 1. The zero-order valence-corrected chi connectivity index (χ0v) is 13.5. The molecule has 1 aromatic carbocycles. The standard InChI is InChI=1S/C13H15FN4O4S/c1-8(2)17-5-4-13(15-17)16-23(21,22)12-6-9(3)11(18(19)20)7-10(12)14/h4-8H,1-3H3,(H,15,16). The minimum atomic E-state index is -4.24. The number of aryl methyl sites for hydroxylation is 1. The van der Waals surface area contributed by atoms with Gasteiger partial charge in [0.15, 0.2) is 11.6 Å². The second-order valence-corrected chi connectivity index (χ2v) is 6.86. The highest BCUT2D eigenvalue weighted by Gasteiger charge is 2.25. The van der Waals surface area contributed by atoms with Crippen LogP contribution in [0.2, 0.25) is 0 Å². The summed E-state index contributed by atoms with van der Waals surface area (Å²) >= 11 is 0. The Hall–Kier alpha value is -2.49. The van der Waals surface area contributed by atoms with Gasteiger partial charge in [-0.1, -0.05) is 0 Å². The van der Waals surface area contributed by atoms with Crippen LogP contribution < -0.4 is 4.72 Å². The Morgan fingerprint density at radius 3 is 2.57 bits per heavy atom. The second kappa shape index (κ2) is 5.95. The van der Waals surface area contributed by atoms with E-state index in [1.54, 1.807) is 6.20 Å². The fraction of sp³-hybridized carbons (Fsp3) is 0.308. The number of anilines is 1. The van der Waals surface area contributed by atoms with Gasteiger partial charge in [-0.15, -0.1) is 0 Å². The van der Waals surface area contributed by atoms with Gasteiger partial charge in [0.05, 0.1) is 11.0 Å². The highest BCUT2D eigenvalue weighted by molar-refractivity contribution is 7.92. The number of hydrogen-bond donors (Lipinski definition) is 1. The maximum absolute atomic E-state index is 14.0. The molecule has 1 aromatic heterocycles.